The van der Waals surface area contributed by atoms with Gasteiger partial charge in [0, 0.05) is 6.07 Å². The first-order chi connectivity index (χ1) is 8.65. The number of phenolic OH excluding ortho intramolecular Hbond substituents is 1. The molecule has 2 aromatic carbocycles. The van der Waals surface area contributed by atoms with E-state index < -0.39 is 0 Å². The van der Waals surface area contributed by atoms with Gasteiger partial charge in [-0.25, -0.2) is 4.98 Å². The SMILES string of the molecule is Oc1cc(Cl)c(Cl)cc1-c1nc2ccccc2[nH]1. The Morgan fingerprint density at radius 2 is 1.78 bits per heavy atom. The highest BCUT2D eigenvalue weighted by molar-refractivity contribution is 6.42. The standard InChI is InChI=1S/C13H8Cl2N2O/c14-8-5-7(12(18)6-9(8)15)13-16-10-3-1-2-4-11(10)17-13/h1-6,18H,(H,16,17). The molecule has 0 atom stereocenters. The van der Waals surface area contributed by atoms with Crippen molar-refractivity contribution in [1.82, 2.24) is 9.97 Å². The summed E-state index contributed by atoms with van der Waals surface area (Å²) in [4.78, 5) is 7.52. The Hall–Kier alpha value is -1.71. The van der Waals surface area contributed by atoms with Crippen LogP contribution in [0.15, 0.2) is 36.4 Å². The Balaban J connectivity index is 2.22. The van der Waals surface area contributed by atoms with E-state index in [1.54, 1.807) is 6.07 Å². The Morgan fingerprint density at radius 1 is 1.06 bits per heavy atom. The Bertz CT molecular complexity index is 704. The van der Waals surface area contributed by atoms with Gasteiger partial charge in [-0.3, -0.25) is 0 Å². The topological polar surface area (TPSA) is 48.9 Å². The van der Waals surface area contributed by atoms with Gasteiger partial charge in [-0.2, -0.15) is 0 Å². The average molecular weight is 279 g/mol. The number of aromatic hydroxyl groups is 1. The second kappa shape index (κ2) is 4.19. The van der Waals surface area contributed by atoms with E-state index >= 15 is 0 Å². The van der Waals surface area contributed by atoms with Crippen LogP contribution in [0.1, 0.15) is 0 Å². The highest BCUT2D eigenvalue weighted by atomic mass is 35.5. The van der Waals surface area contributed by atoms with E-state index in [0.29, 0.717) is 21.4 Å². The first-order valence-corrected chi connectivity index (χ1v) is 6.04. The van der Waals surface area contributed by atoms with Crippen LogP contribution in [0.2, 0.25) is 10.0 Å². The van der Waals surface area contributed by atoms with Gasteiger partial charge in [-0.15, -0.1) is 0 Å². The molecule has 18 heavy (non-hydrogen) atoms. The number of hydrogen-bond acceptors (Lipinski definition) is 2. The number of rotatable bonds is 1. The van der Waals surface area contributed by atoms with Crippen molar-refractivity contribution in [2.24, 2.45) is 0 Å². The number of phenols is 1. The van der Waals surface area contributed by atoms with Gasteiger partial charge >= 0.3 is 0 Å². The lowest BCUT2D eigenvalue weighted by Gasteiger charge is -2.03. The van der Waals surface area contributed by atoms with Gasteiger partial charge in [0.05, 0.1) is 26.6 Å². The second-order valence-electron chi connectivity index (χ2n) is 3.89. The minimum Gasteiger partial charge on any atom is -0.507 e. The van der Waals surface area contributed by atoms with E-state index in [9.17, 15) is 5.11 Å². The molecule has 0 aliphatic heterocycles. The van der Waals surface area contributed by atoms with E-state index in [1.807, 2.05) is 24.3 Å². The molecular formula is C13H8Cl2N2O. The molecule has 0 fully saturated rings. The third kappa shape index (κ3) is 1.82. The van der Waals surface area contributed by atoms with Crippen LogP contribution in [0, 0.1) is 0 Å². The summed E-state index contributed by atoms with van der Waals surface area (Å²) in [5, 5.41) is 10.6. The van der Waals surface area contributed by atoms with Crippen LogP contribution in [0.4, 0.5) is 0 Å². The van der Waals surface area contributed by atoms with Crippen LogP contribution in [0.25, 0.3) is 22.4 Å². The van der Waals surface area contributed by atoms with Gasteiger partial charge in [0.25, 0.3) is 0 Å². The van der Waals surface area contributed by atoms with Gasteiger partial charge in [0.2, 0.25) is 0 Å². The molecule has 2 N–H and O–H groups in total. The van der Waals surface area contributed by atoms with Crippen molar-refractivity contribution in [2.75, 3.05) is 0 Å². The number of benzene rings is 2. The number of aromatic amines is 1. The molecule has 0 amide bonds. The third-order valence-electron chi connectivity index (χ3n) is 2.68. The van der Waals surface area contributed by atoms with Crippen molar-refractivity contribution in [2.45, 2.75) is 0 Å². The van der Waals surface area contributed by atoms with Crippen LogP contribution < -0.4 is 0 Å². The third-order valence-corrected chi connectivity index (χ3v) is 3.41. The van der Waals surface area contributed by atoms with Gasteiger partial charge < -0.3 is 10.1 Å². The maximum atomic E-state index is 9.89. The highest BCUT2D eigenvalue weighted by Gasteiger charge is 2.12. The number of H-pyrrole nitrogens is 1. The highest BCUT2D eigenvalue weighted by Crippen LogP contribution is 2.35. The lowest BCUT2D eigenvalue weighted by molar-refractivity contribution is 0.477. The number of imidazole rings is 1. The van der Waals surface area contributed by atoms with Crippen LogP contribution in [0.5, 0.6) is 5.75 Å². The minimum atomic E-state index is 0.0449. The summed E-state index contributed by atoms with van der Waals surface area (Å²) in [7, 11) is 0. The zero-order valence-corrected chi connectivity index (χ0v) is 10.6. The maximum Gasteiger partial charge on any atom is 0.142 e. The Kier molecular flexibility index (Phi) is 2.65. The molecule has 0 saturated heterocycles. The van der Waals surface area contributed by atoms with E-state index in [-0.39, 0.29) is 5.75 Å². The second-order valence-corrected chi connectivity index (χ2v) is 4.70. The molecule has 3 aromatic rings. The molecule has 0 radical (unpaired) electrons. The number of para-hydroxylation sites is 2. The molecule has 5 heteroatoms. The quantitative estimate of drug-likeness (QED) is 0.699. The van der Waals surface area contributed by atoms with Crippen LogP contribution in [-0.2, 0) is 0 Å². The molecule has 90 valence electrons. The molecule has 3 nitrogen and oxygen atoms in total. The van der Waals surface area contributed by atoms with Crippen LogP contribution >= 0.6 is 23.2 Å². The fourth-order valence-corrected chi connectivity index (χ4v) is 2.13. The zero-order valence-electron chi connectivity index (χ0n) is 9.11. The molecular weight excluding hydrogens is 271 g/mol. The fraction of sp³-hybridized carbons (Fsp3) is 0. The lowest BCUT2D eigenvalue weighted by Crippen LogP contribution is -1.82. The Morgan fingerprint density at radius 3 is 2.56 bits per heavy atom. The van der Waals surface area contributed by atoms with Crippen molar-refractivity contribution >= 4 is 34.2 Å². The van der Waals surface area contributed by atoms with Crippen molar-refractivity contribution < 1.29 is 5.11 Å². The summed E-state index contributed by atoms with van der Waals surface area (Å²) in [5.74, 6) is 0.607. The zero-order chi connectivity index (χ0) is 12.7. The number of halogens is 2. The lowest BCUT2D eigenvalue weighted by atomic mass is 10.2. The first-order valence-electron chi connectivity index (χ1n) is 5.28. The molecule has 0 aliphatic rings. The van der Waals surface area contributed by atoms with E-state index in [1.165, 1.54) is 6.07 Å². The van der Waals surface area contributed by atoms with Crippen molar-refractivity contribution in [3.05, 3.63) is 46.4 Å². The van der Waals surface area contributed by atoms with Crippen molar-refractivity contribution in [3.63, 3.8) is 0 Å². The number of hydrogen-bond donors (Lipinski definition) is 2. The Labute approximate surface area is 113 Å². The first kappa shape index (κ1) is 11.4. The van der Waals surface area contributed by atoms with Gasteiger partial charge in [-0.05, 0) is 18.2 Å². The monoisotopic (exact) mass is 278 g/mol. The van der Waals surface area contributed by atoms with Crippen molar-refractivity contribution in [3.8, 4) is 17.1 Å². The van der Waals surface area contributed by atoms with Gasteiger partial charge in [0.15, 0.2) is 0 Å². The number of nitrogens with one attached hydrogen (secondary N) is 1. The maximum absolute atomic E-state index is 9.89. The van der Waals surface area contributed by atoms with Crippen LogP contribution in [-0.4, -0.2) is 15.1 Å². The molecule has 0 saturated carbocycles. The molecule has 0 aliphatic carbocycles. The summed E-state index contributed by atoms with van der Waals surface area (Å²) < 4.78 is 0. The molecule has 3 rings (SSSR count). The molecule has 1 aromatic heterocycles. The number of nitrogens with zero attached hydrogens (tertiary/aromatic N) is 1. The predicted molar refractivity (Wildman–Crippen MR) is 73.2 cm³/mol. The predicted octanol–water partition coefficient (Wildman–Crippen LogP) is 4.24. The normalized spacial score (nSPS) is 11.0. The number of aromatic nitrogens is 2. The summed E-state index contributed by atoms with van der Waals surface area (Å²) in [6.45, 7) is 0. The van der Waals surface area contributed by atoms with Gasteiger partial charge in [-0.1, -0.05) is 35.3 Å². The van der Waals surface area contributed by atoms with E-state index in [2.05, 4.69) is 9.97 Å². The van der Waals surface area contributed by atoms with Gasteiger partial charge in [0.1, 0.15) is 11.6 Å². The molecule has 1 heterocycles. The summed E-state index contributed by atoms with van der Waals surface area (Å²) in [6.07, 6.45) is 0. The summed E-state index contributed by atoms with van der Waals surface area (Å²) in [5.41, 5.74) is 2.26. The molecule has 0 bridgehead atoms. The van der Waals surface area contributed by atoms with Crippen LogP contribution in [0.3, 0.4) is 0 Å². The number of fused-ring (bicyclic) bond motifs is 1. The fourth-order valence-electron chi connectivity index (χ4n) is 1.81. The summed E-state index contributed by atoms with van der Waals surface area (Å²) >= 11 is 11.8. The van der Waals surface area contributed by atoms with E-state index in [4.69, 9.17) is 23.2 Å². The molecule has 0 unspecified atom stereocenters. The smallest absolute Gasteiger partial charge is 0.142 e. The molecule has 0 spiro atoms. The minimum absolute atomic E-state index is 0.0449. The van der Waals surface area contributed by atoms with E-state index in [0.717, 1.165) is 11.0 Å². The summed E-state index contributed by atoms with van der Waals surface area (Å²) in [6, 6.07) is 10.6. The largest absolute Gasteiger partial charge is 0.507 e. The average Bonchev–Trinajstić information content (AvgIpc) is 2.77. The van der Waals surface area contributed by atoms with Crippen molar-refractivity contribution in [1.29, 1.82) is 0 Å².